The van der Waals surface area contributed by atoms with Gasteiger partial charge in [-0.2, -0.15) is 0 Å². The Morgan fingerprint density at radius 1 is 2.00 bits per heavy atom. The molecule has 0 radical (unpaired) electrons. The summed E-state index contributed by atoms with van der Waals surface area (Å²) in [6.45, 7) is 0.433. The summed E-state index contributed by atoms with van der Waals surface area (Å²) in [6, 6.07) is 0. The second-order valence-electron chi connectivity index (χ2n) is 0.232. The van der Waals surface area contributed by atoms with E-state index in [0.29, 0.717) is 29.9 Å². The second kappa shape index (κ2) is 3.29. The van der Waals surface area contributed by atoms with E-state index in [1.165, 1.54) is 0 Å². The molecule has 0 aliphatic carbocycles. The molecule has 0 atom stereocenters. The molecule has 0 rings (SSSR count). The molecule has 0 aromatic rings. The molecule has 2 nitrogen and oxygen atoms in total. The van der Waals surface area contributed by atoms with Crippen molar-refractivity contribution in [3.05, 3.63) is 0 Å². The summed E-state index contributed by atoms with van der Waals surface area (Å²) in [5.41, 5.74) is 0. The van der Waals surface area contributed by atoms with Gasteiger partial charge in [-0.15, -0.1) is 0 Å². The third kappa shape index (κ3) is 2.29. The van der Waals surface area contributed by atoms with E-state index in [1.54, 1.807) is 0 Å². The van der Waals surface area contributed by atoms with Gasteiger partial charge in [-0.3, -0.25) is 0 Å². The summed E-state index contributed by atoms with van der Waals surface area (Å²) in [6.07, 6.45) is 0. The fourth-order valence-corrected chi connectivity index (χ4v) is 0. The SMILES string of the molecule is O=C[O][SbH2]. The predicted molar refractivity (Wildman–Crippen MR) is 15.7 cm³/mol. The molecule has 3 heteroatoms. The maximum atomic E-state index is 8.98. The fourth-order valence-electron chi connectivity index (χ4n) is 0. The van der Waals surface area contributed by atoms with Crippen molar-refractivity contribution < 1.29 is 7.81 Å². The molecule has 0 bridgehead atoms. The Hall–Kier alpha value is 0.288. The Morgan fingerprint density at radius 3 is 2.25 bits per heavy atom. The van der Waals surface area contributed by atoms with Gasteiger partial charge in [0.25, 0.3) is 0 Å². The number of rotatable bonds is 1. The van der Waals surface area contributed by atoms with Crippen LogP contribution in [0.15, 0.2) is 0 Å². The molecule has 0 saturated carbocycles. The van der Waals surface area contributed by atoms with Crippen molar-refractivity contribution in [1.82, 2.24) is 0 Å². The van der Waals surface area contributed by atoms with E-state index in [-0.39, 0.29) is 0 Å². The summed E-state index contributed by atoms with van der Waals surface area (Å²) >= 11 is 0.572. The van der Waals surface area contributed by atoms with Crippen LogP contribution in [0.1, 0.15) is 0 Å². The van der Waals surface area contributed by atoms with Crippen LogP contribution in [0, 0.1) is 0 Å². The molecule has 0 spiro atoms. The van der Waals surface area contributed by atoms with Crippen LogP contribution in [-0.2, 0) is 7.81 Å². The number of carbonyl (C=O) groups is 1. The van der Waals surface area contributed by atoms with Crippen LogP contribution in [-0.4, -0.2) is 29.9 Å². The summed E-state index contributed by atoms with van der Waals surface area (Å²) in [5.74, 6) is 0. The maximum absolute atomic E-state index is 8.98. The van der Waals surface area contributed by atoms with Crippen molar-refractivity contribution in [3.63, 3.8) is 0 Å². The van der Waals surface area contributed by atoms with E-state index in [4.69, 9.17) is 4.79 Å². The topological polar surface area (TPSA) is 26.3 Å². The molecule has 0 aromatic heterocycles. The average molecular weight is 169 g/mol. The van der Waals surface area contributed by atoms with Crippen molar-refractivity contribution in [3.8, 4) is 0 Å². The van der Waals surface area contributed by atoms with Gasteiger partial charge in [-0.1, -0.05) is 0 Å². The molecule has 0 saturated heterocycles. The van der Waals surface area contributed by atoms with E-state index < -0.39 is 0 Å². The first-order valence-corrected chi connectivity index (χ1v) is 2.05. The van der Waals surface area contributed by atoms with E-state index in [1.807, 2.05) is 0 Å². The normalized spacial score (nSPS) is 5.25. The summed E-state index contributed by atoms with van der Waals surface area (Å²) < 4.78 is 3.99. The number of hydrogen-bond donors (Lipinski definition) is 0. The van der Waals surface area contributed by atoms with Crippen LogP contribution in [0.25, 0.3) is 0 Å². The fraction of sp³-hybridized carbons (Fsp3) is 0. The Balaban J connectivity index is 2.30. The molecule has 0 fully saturated rings. The molecule has 0 heterocycles. The van der Waals surface area contributed by atoms with E-state index in [2.05, 4.69) is 3.02 Å². The Labute approximate surface area is 38.2 Å². The van der Waals surface area contributed by atoms with Gasteiger partial charge in [0.05, 0.1) is 0 Å². The zero-order valence-electron chi connectivity index (χ0n) is 1.97. The Bertz CT molecular complexity index is 20.0. The number of hydrogen-bond acceptors (Lipinski definition) is 2. The quantitative estimate of drug-likeness (QED) is 0.360. The van der Waals surface area contributed by atoms with Crippen molar-refractivity contribution in [2.45, 2.75) is 0 Å². The van der Waals surface area contributed by atoms with Crippen LogP contribution in [0.4, 0.5) is 0 Å². The zero-order chi connectivity index (χ0) is 3.41. The first-order valence-electron chi connectivity index (χ1n) is 0.707. The van der Waals surface area contributed by atoms with Crippen LogP contribution in [0.3, 0.4) is 0 Å². The van der Waals surface area contributed by atoms with Crippen molar-refractivity contribution in [2.75, 3.05) is 0 Å². The van der Waals surface area contributed by atoms with Crippen LogP contribution in [0.2, 0.25) is 0 Å². The molecular weight excluding hydrogens is 166 g/mol. The molecule has 0 aromatic carbocycles. The Kier molecular flexibility index (Phi) is 3.53. The van der Waals surface area contributed by atoms with E-state index >= 15 is 0 Å². The van der Waals surface area contributed by atoms with Crippen LogP contribution in [0.5, 0.6) is 0 Å². The summed E-state index contributed by atoms with van der Waals surface area (Å²) in [5, 5.41) is 0. The minimum absolute atomic E-state index is 0.433. The van der Waals surface area contributed by atoms with Crippen molar-refractivity contribution in [1.29, 1.82) is 0 Å². The standard InChI is InChI=1S/CH2O2.Sb.2H/c2-1-3;;;/h1H,(H,2,3);;;/q;+1;;/p-1. The van der Waals surface area contributed by atoms with E-state index in [9.17, 15) is 0 Å². The van der Waals surface area contributed by atoms with Gasteiger partial charge in [0, 0.05) is 0 Å². The first-order chi connectivity index (χ1) is 1.91. The van der Waals surface area contributed by atoms with E-state index in [0.717, 1.165) is 0 Å². The molecule has 4 heavy (non-hydrogen) atoms. The van der Waals surface area contributed by atoms with Crippen molar-refractivity contribution in [2.24, 2.45) is 0 Å². The van der Waals surface area contributed by atoms with Gasteiger partial charge in [0.2, 0.25) is 0 Å². The van der Waals surface area contributed by atoms with Crippen LogP contribution >= 0.6 is 0 Å². The molecule has 0 amide bonds. The minimum atomic E-state index is 0.433. The molecule has 24 valence electrons. The molecule has 0 unspecified atom stereocenters. The van der Waals surface area contributed by atoms with Gasteiger partial charge in [-0.05, 0) is 0 Å². The van der Waals surface area contributed by atoms with Gasteiger partial charge in [-0.25, -0.2) is 0 Å². The van der Waals surface area contributed by atoms with Gasteiger partial charge < -0.3 is 0 Å². The molecule has 0 N–H and O–H groups in total. The molecular formula is CH3O2Sb. The molecule has 0 aliphatic rings. The van der Waals surface area contributed by atoms with Gasteiger partial charge in [0.15, 0.2) is 0 Å². The Morgan fingerprint density at radius 2 is 2.25 bits per heavy atom. The summed E-state index contributed by atoms with van der Waals surface area (Å²) in [7, 11) is 0. The summed E-state index contributed by atoms with van der Waals surface area (Å²) in [4.78, 5) is 8.98. The van der Waals surface area contributed by atoms with Crippen LogP contribution < -0.4 is 0 Å². The number of carbonyl (C=O) groups excluding carboxylic acids is 1. The van der Waals surface area contributed by atoms with Gasteiger partial charge in [0.1, 0.15) is 0 Å². The first kappa shape index (κ1) is 4.29. The monoisotopic (exact) mass is 168 g/mol. The molecule has 0 aliphatic heterocycles. The van der Waals surface area contributed by atoms with Gasteiger partial charge >= 0.3 is 37.7 Å². The average Bonchev–Trinajstić information content (AvgIpc) is 1.37. The third-order valence-electron chi connectivity index (χ3n) is 0.0556. The third-order valence-corrected chi connectivity index (χ3v) is 0.373. The zero-order valence-corrected chi connectivity index (χ0v) is 5.27. The van der Waals surface area contributed by atoms with Crippen molar-refractivity contribution >= 4 is 29.9 Å². The predicted octanol–water partition coefficient (Wildman–Crippen LogP) is -1.29. The second-order valence-corrected chi connectivity index (χ2v) is 1.01.